The van der Waals surface area contributed by atoms with Crippen molar-refractivity contribution < 1.29 is 29.0 Å². The van der Waals surface area contributed by atoms with E-state index in [0.29, 0.717) is 29.0 Å². The molecule has 0 spiro atoms. The van der Waals surface area contributed by atoms with E-state index in [9.17, 15) is 19.5 Å². The highest BCUT2D eigenvalue weighted by Crippen LogP contribution is 2.66. The van der Waals surface area contributed by atoms with Crippen LogP contribution in [0.4, 0.5) is 5.69 Å². The van der Waals surface area contributed by atoms with Gasteiger partial charge in [0.15, 0.2) is 0 Å². The summed E-state index contributed by atoms with van der Waals surface area (Å²) in [6.07, 6.45) is 2.47. The van der Waals surface area contributed by atoms with Gasteiger partial charge in [0.05, 0.1) is 36.0 Å². The molecule has 0 aromatic heterocycles. The van der Waals surface area contributed by atoms with E-state index < -0.39 is 52.4 Å². The lowest BCUT2D eigenvalue weighted by molar-refractivity contribution is -0.146. The van der Waals surface area contributed by atoms with E-state index >= 15 is 4.79 Å². The Balaban J connectivity index is 1.48. The number of hydrazine groups is 1. The predicted molar refractivity (Wildman–Crippen MR) is 175 cm³/mol. The number of hydrogen-bond acceptors (Lipinski definition) is 7. The summed E-state index contributed by atoms with van der Waals surface area (Å²) >= 11 is 0. The number of hydrogen-bond donors (Lipinski definition) is 2. The maximum absolute atomic E-state index is 15.2. The van der Waals surface area contributed by atoms with Gasteiger partial charge >= 0.3 is 0 Å². The number of amides is 4. The summed E-state index contributed by atoms with van der Waals surface area (Å²) in [6.45, 7) is 7.50. The normalized spacial score (nSPS) is 28.5. The minimum Gasteiger partial charge on any atom is -0.508 e. The number of aryl methyl sites for hydroxylation is 1. The highest BCUT2D eigenvalue weighted by molar-refractivity contribution is 6.13. The van der Waals surface area contributed by atoms with Gasteiger partial charge in [-0.05, 0) is 76.3 Å². The summed E-state index contributed by atoms with van der Waals surface area (Å²) in [6, 6.07) is 21.6. The molecule has 1 saturated carbocycles. The molecule has 2 saturated heterocycles. The van der Waals surface area contributed by atoms with Gasteiger partial charge in [0.25, 0.3) is 11.8 Å². The molecule has 3 fully saturated rings. The van der Waals surface area contributed by atoms with E-state index in [4.69, 9.17) is 4.74 Å². The first-order chi connectivity index (χ1) is 22.4. The molecule has 3 aromatic rings. The van der Waals surface area contributed by atoms with Gasteiger partial charge in [0, 0.05) is 17.0 Å². The molecule has 7 rings (SSSR count). The number of fused-ring (bicyclic) bond motifs is 4. The number of methoxy groups -OCH3 is 1. The molecule has 9 heteroatoms. The number of aromatic hydroxyl groups is 1. The summed E-state index contributed by atoms with van der Waals surface area (Å²) in [5.74, 6) is -4.66. The number of anilines is 1. The lowest BCUT2D eigenvalue weighted by Gasteiger charge is -2.50. The molecule has 6 unspecified atom stereocenters. The van der Waals surface area contributed by atoms with Crippen molar-refractivity contribution in [3.63, 3.8) is 0 Å². The summed E-state index contributed by atoms with van der Waals surface area (Å²) in [7, 11) is 1.50. The van der Waals surface area contributed by atoms with Crippen molar-refractivity contribution in [2.24, 2.45) is 23.7 Å². The van der Waals surface area contributed by atoms with Crippen LogP contribution >= 0.6 is 0 Å². The number of allylic oxidation sites excluding steroid dienone is 2. The quantitative estimate of drug-likeness (QED) is 0.282. The number of benzene rings is 3. The van der Waals surface area contributed by atoms with Crippen LogP contribution in [0.1, 0.15) is 56.2 Å². The number of rotatable bonds is 5. The van der Waals surface area contributed by atoms with Crippen molar-refractivity contribution in [3.8, 4) is 11.5 Å². The fourth-order valence-corrected chi connectivity index (χ4v) is 8.72. The van der Waals surface area contributed by atoms with Crippen molar-refractivity contribution in [1.82, 2.24) is 9.91 Å². The second-order valence-corrected chi connectivity index (χ2v) is 14.2. The summed E-state index contributed by atoms with van der Waals surface area (Å²) in [5, 5.41) is 12.7. The fourth-order valence-electron chi connectivity index (χ4n) is 8.72. The third-order valence-electron chi connectivity index (χ3n) is 10.6. The van der Waals surface area contributed by atoms with Gasteiger partial charge in [-0.2, -0.15) is 5.01 Å². The van der Waals surface area contributed by atoms with Crippen molar-refractivity contribution in [3.05, 3.63) is 101 Å². The number of phenols is 1. The Kier molecular flexibility index (Phi) is 7.07. The van der Waals surface area contributed by atoms with Gasteiger partial charge in [-0.15, -0.1) is 0 Å². The van der Waals surface area contributed by atoms with Crippen LogP contribution < -0.4 is 10.2 Å². The minimum absolute atomic E-state index is 0.0811. The van der Waals surface area contributed by atoms with Gasteiger partial charge in [0.1, 0.15) is 11.5 Å². The van der Waals surface area contributed by atoms with Crippen LogP contribution in [0, 0.1) is 30.6 Å². The average molecular weight is 634 g/mol. The summed E-state index contributed by atoms with van der Waals surface area (Å²) in [4.78, 5) is 59.3. The molecule has 2 heterocycles. The van der Waals surface area contributed by atoms with Gasteiger partial charge in [0.2, 0.25) is 11.8 Å². The van der Waals surface area contributed by atoms with Crippen molar-refractivity contribution >= 4 is 29.3 Å². The summed E-state index contributed by atoms with van der Waals surface area (Å²) < 4.78 is 5.83. The number of carbonyl (C=O) groups is 4. The third kappa shape index (κ3) is 4.35. The first-order valence-corrected chi connectivity index (χ1v) is 16.1. The molecular weight excluding hydrogens is 594 g/mol. The lowest BCUT2D eigenvalue weighted by Crippen LogP contribution is -2.53. The largest absolute Gasteiger partial charge is 0.508 e. The number of likely N-dealkylation sites (tertiary alicyclic amines) is 1. The SMILES string of the molecule is COc1cccc(O)c1C1C2=CCC3C(=O)N(C(C)(C)C)C(=O)C3C2CC2C(=O)N(Nc3ccc(C)cc3)C(=O)C21c1ccccc1. The van der Waals surface area contributed by atoms with E-state index in [0.717, 1.165) is 16.1 Å². The number of phenolic OH excluding ortho intramolecular Hbond substituents is 1. The Morgan fingerprint density at radius 1 is 0.872 bits per heavy atom. The lowest BCUT2D eigenvalue weighted by atomic mass is 9.49. The predicted octanol–water partition coefficient (Wildman–Crippen LogP) is 5.49. The molecule has 2 aliphatic carbocycles. The molecule has 4 amide bonds. The van der Waals surface area contributed by atoms with Gasteiger partial charge in [-0.1, -0.05) is 65.7 Å². The average Bonchev–Trinajstić information content (AvgIpc) is 3.43. The molecular formula is C38H39N3O6. The monoisotopic (exact) mass is 633 g/mol. The van der Waals surface area contributed by atoms with Gasteiger partial charge in [-0.3, -0.25) is 29.5 Å². The number of imide groups is 2. The van der Waals surface area contributed by atoms with Crippen LogP contribution in [0.15, 0.2) is 84.4 Å². The van der Waals surface area contributed by atoms with E-state index in [-0.39, 0.29) is 24.0 Å². The number of ether oxygens (including phenoxy) is 1. The van der Waals surface area contributed by atoms with Crippen LogP contribution in [0.25, 0.3) is 0 Å². The van der Waals surface area contributed by atoms with E-state index in [1.54, 1.807) is 18.2 Å². The molecule has 2 aliphatic heterocycles. The zero-order valence-corrected chi connectivity index (χ0v) is 27.2. The number of nitrogens with one attached hydrogen (secondary N) is 1. The van der Waals surface area contributed by atoms with Crippen LogP contribution in [0.3, 0.4) is 0 Å². The Labute approximate surface area is 274 Å². The highest BCUT2D eigenvalue weighted by Gasteiger charge is 2.71. The van der Waals surface area contributed by atoms with Gasteiger partial charge in [-0.25, -0.2) is 0 Å². The zero-order valence-electron chi connectivity index (χ0n) is 27.2. The second-order valence-electron chi connectivity index (χ2n) is 14.2. The van der Waals surface area contributed by atoms with E-state index in [2.05, 4.69) is 5.43 Å². The van der Waals surface area contributed by atoms with Gasteiger partial charge < -0.3 is 9.84 Å². The van der Waals surface area contributed by atoms with Crippen LogP contribution in [-0.4, -0.2) is 51.3 Å². The van der Waals surface area contributed by atoms with Crippen molar-refractivity contribution in [2.75, 3.05) is 12.5 Å². The molecule has 2 N–H and O–H groups in total. The van der Waals surface area contributed by atoms with E-state index in [1.807, 2.05) is 88.4 Å². The maximum Gasteiger partial charge on any atom is 0.260 e. The molecule has 3 aromatic carbocycles. The molecule has 242 valence electrons. The fraction of sp³-hybridized carbons (Fsp3) is 0.368. The Hall–Kier alpha value is -4.92. The molecule has 4 aliphatic rings. The minimum atomic E-state index is -1.49. The Morgan fingerprint density at radius 3 is 2.23 bits per heavy atom. The number of nitrogens with zero attached hydrogens (tertiary/aromatic N) is 2. The molecule has 9 nitrogen and oxygen atoms in total. The smallest absolute Gasteiger partial charge is 0.260 e. The van der Waals surface area contributed by atoms with Crippen LogP contribution in [0.5, 0.6) is 11.5 Å². The maximum atomic E-state index is 15.2. The first kappa shape index (κ1) is 30.7. The van der Waals surface area contributed by atoms with Crippen LogP contribution in [0.2, 0.25) is 0 Å². The van der Waals surface area contributed by atoms with Crippen LogP contribution in [-0.2, 0) is 24.6 Å². The highest BCUT2D eigenvalue weighted by atomic mass is 16.5. The Bertz CT molecular complexity index is 1830. The molecule has 47 heavy (non-hydrogen) atoms. The van der Waals surface area contributed by atoms with Crippen molar-refractivity contribution in [1.29, 1.82) is 0 Å². The van der Waals surface area contributed by atoms with Crippen molar-refractivity contribution in [2.45, 2.75) is 57.4 Å². The van der Waals surface area contributed by atoms with E-state index in [1.165, 1.54) is 12.0 Å². The molecule has 0 bridgehead atoms. The zero-order chi connectivity index (χ0) is 33.4. The molecule has 6 atom stereocenters. The summed E-state index contributed by atoms with van der Waals surface area (Å²) in [5.41, 5.74) is 4.25. The molecule has 0 radical (unpaired) electrons. The second kappa shape index (κ2) is 10.8. The first-order valence-electron chi connectivity index (χ1n) is 16.1. The topological polar surface area (TPSA) is 116 Å². The third-order valence-corrected chi connectivity index (χ3v) is 10.6. The Morgan fingerprint density at radius 2 is 1.57 bits per heavy atom. The standard InChI is InChI=1S/C38H39N3O6/c1-21-14-16-23(17-15-21)39-41-34(44)27-20-26-24(18-19-25-30(26)35(45)40(33(25)43)37(2,3)4)32(31-28(42)12-9-13-29(31)47-5)38(27,36(41)46)22-10-7-6-8-11-22/h6-18,25-27,30,32,39,42H,19-20H2,1-5H3. The number of carbonyl (C=O) groups excluding carboxylic acids is 4.